The molecule has 3 heteroatoms. The third-order valence-electron chi connectivity index (χ3n) is 0.473. The highest BCUT2D eigenvalue weighted by molar-refractivity contribution is 6.33. The molecule has 3 nitrogen and oxygen atoms in total. The lowest BCUT2D eigenvalue weighted by Gasteiger charge is -1.93. The van der Waals surface area contributed by atoms with Crippen molar-refractivity contribution in [3.05, 3.63) is 0 Å². The molecule has 0 saturated heterocycles. The number of carbonyl (C=O) groups excluding carboxylic acids is 1. The van der Waals surface area contributed by atoms with Crippen molar-refractivity contribution in [2.75, 3.05) is 0 Å². The molecule has 0 heterocycles. The van der Waals surface area contributed by atoms with E-state index in [1.54, 1.807) is 0 Å². The van der Waals surface area contributed by atoms with Gasteiger partial charge in [-0.25, -0.2) is 4.79 Å². The Morgan fingerprint density at radius 3 is 2.25 bits per heavy atom. The van der Waals surface area contributed by atoms with E-state index in [1.165, 1.54) is 0 Å². The molecule has 0 fully saturated rings. The minimum atomic E-state index is -3.14. The number of aliphatic carboxylic acids is 1. The van der Waals surface area contributed by atoms with Crippen LogP contribution in [0.2, 0.25) is 0 Å². The standard InChI is InChI=1S/C5H8O3/c1-3(2)4(6)5(7)8/h3H,1-2H3,(H,7,8)/i1D3,2D3. The number of ketones is 1. The molecule has 46 valence electrons. The lowest BCUT2D eigenvalue weighted by atomic mass is 10.1. The summed E-state index contributed by atoms with van der Waals surface area (Å²) < 4.78 is 40.5. The predicted molar refractivity (Wildman–Crippen MR) is 27.5 cm³/mol. The first-order valence-corrected chi connectivity index (χ1v) is 1.75. The quantitative estimate of drug-likeness (QED) is 0.536. The van der Waals surface area contributed by atoms with Crippen LogP contribution in [-0.2, 0) is 9.59 Å². The molecule has 0 aliphatic carbocycles. The van der Waals surface area contributed by atoms with Crippen LogP contribution in [0.5, 0.6) is 0 Å². The van der Waals surface area contributed by atoms with E-state index in [4.69, 9.17) is 13.3 Å². The van der Waals surface area contributed by atoms with Crippen LogP contribution in [0, 0.1) is 5.92 Å². The minimum Gasteiger partial charge on any atom is -0.475 e. The lowest BCUT2D eigenvalue weighted by molar-refractivity contribution is -0.150. The first kappa shape index (κ1) is 1.83. The van der Waals surface area contributed by atoms with Crippen molar-refractivity contribution in [3.8, 4) is 0 Å². The van der Waals surface area contributed by atoms with Crippen molar-refractivity contribution in [3.63, 3.8) is 0 Å². The fourth-order valence-electron chi connectivity index (χ4n) is 0.123. The average Bonchev–Trinajstić information content (AvgIpc) is 1.79. The zero-order valence-corrected chi connectivity index (χ0v) is 3.84. The van der Waals surface area contributed by atoms with E-state index in [0.717, 1.165) is 0 Å². The van der Waals surface area contributed by atoms with E-state index < -0.39 is 31.4 Å². The number of carbonyl (C=O) groups is 2. The third kappa shape index (κ3) is 1.73. The summed E-state index contributed by atoms with van der Waals surface area (Å²) in [6, 6.07) is 0. The van der Waals surface area contributed by atoms with Gasteiger partial charge >= 0.3 is 5.97 Å². The summed E-state index contributed by atoms with van der Waals surface area (Å²) in [6.45, 7) is -6.28. The topological polar surface area (TPSA) is 54.4 Å². The van der Waals surface area contributed by atoms with Crippen molar-refractivity contribution in [1.29, 1.82) is 0 Å². The molecule has 0 radical (unpaired) electrons. The second-order valence-electron chi connectivity index (χ2n) is 1.10. The number of hydrogen-bond donors (Lipinski definition) is 1. The average molecular weight is 122 g/mol. The summed E-state index contributed by atoms with van der Waals surface area (Å²) in [5.74, 6) is -6.33. The number of rotatable bonds is 2. The van der Waals surface area contributed by atoms with Crippen LogP contribution in [-0.4, -0.2) is 16.9 Å². The van der Waals surface area contributed by atoms with Crippen molar-refractivity contribution >= 4 is 11.8 Å². The summed E-state index contributed by atoms with van der Waals surface area (Å²) >= 11 is 0. The molecule has 0 aliphatic rings. The Morgan fingerprint density at radius 2 is 2.12 bits per heavy atom. The summed E-state index contributed by atoms with van der Waals surface area (Å²) in [4.78, 5) is 21.0. The van der Waals surface area contributed by atoms with Crippen LogP contribution in [0.15, 0.2) is 0 Å². The molecule has 0 aliphatic heterocycles. The lowest BCUT2D eigenvalue weighted by Crippen LogP contribution is -2.18. The van der Waals surface area contributed by atoms with E-state index >= 15 is 0 Å². The van der Waals surface area contributed by atoms with Gasteiger partial charge in [0.25, 0.3) is 0 Å². The van der Waals surface area contributed by atoms with Gasteiger partial charge in [0.05, 0.1) is 0 Å². The van der Waals surface area contributed by atoms with Gasteiger partial charge < -0.3 is 5.11 Å². The molecular formula is C5H8O3. The van der Waals surface area contributed by atoms with Gasteiger partial charge in [-0.1, -0.05) is 13.7 Å². The van der Waals surface area contributed by atoms with Crippen molar-refractivity contribution < 1.29 is 22.9 Å². The van der Waals surface area contributed by atoms with Gasteiger partial charge in [0, 0.05) is 14.1 Å². The van der Waals surface area contributed by atoms with E-state index in [1.807, 2.05) is 0 Å². The van der Waals surface area contributed by atoms with Gasteiger partial charge in [0.15, 0.2) is 0 Å². The number of Topliss-reactive ketones (excluding diaryl/α,β-unsaturated/α-hetero) is 1. The van der Waals surface area contributed by atoms with E-state index in [0.29, 0.717) is 0 Å². The van der Waals surface area contributed by atoms with Gasteiger partial charge in [-0.2, -0.15) is 0 Å². The molecule has 0 atom stereocenters. The zero-order chi connectivity index (χ0) is 11.7. The molecule has 8 heavy (non-hydrogen) atoms. The maximum atomic E-state index is 10.8. The Balaban J connectivity index is 5.15. The maximum Gasteiger partial charge on any atom is 0.372 e. The summed E-state index contributed by atoms with van der Waals surface area (Å²) in [5.41, 5.74) is 0. The molecule has 0 saturated carbocycles. The second kappa shape index (κ2) is 2.45. The Hall–Kier alpha value is -0.860. The van der Waals surface area contributed by atoms with Gasteiger partial charge in [-0.05, 0) is 0 Å². The molecule has 1 N–H and O–H groups in total. The Morgan fingerprint density at radius 1 is 1.62 bits per heavy atom. The number of hydrogen-bond acceptors (Lipinski definition) is 2. The Labute approximate surface area is 55.7 Å². The maximum absolute atomic E-state index is 10.8. The monoisotopic (exact) mass is 122 g/mol. The molecule has 0 amide bonds. The van der Waals surface area contributed by atoms with Crippen LogP contribution in [0.1, 0.15) is 21.9 Å². The van der Waals surface area contributed by atoms with Crippen LogP contribution < -0.4 is 0 Å². The zero-order valence-electron chi connectivity index (χ0n) is 9.84. The minimum absolute atomic E-state index is 1.81. The van der Waals surface area contributed by atoms with E-state index in [2.05, 4.69) is 0 Å². The fourth-order valence-corrected chi connectivity index (χ4v) is 0.123. The molecule has 0 bridgehead atoms. The normalized spacial score (nSPS) is 23.6. The summed E-state index contributed by atoms with van der Waals surface area (Å²) in [6.07, 6.45) is 0. The van der Waals surface area contributed by atoms with Gasteiger partial charge in [-0.3, -0.25) is 4.79 Å². The van der Waals surface area contributed by atoms with Gasteiger partial charge in [-0.15, -0.1) is 0 Å². The molecule has 0 aromatic rings. The van der Waals surface area contributed by atoms with E-state index in [9.17, 15) is 9.59 Å². The molecule has 0 rings (SSSR count). The number of carboxylic acids is 1. The first-order chi connectivity index (χ1) is 5.98. The highest BCUT2D eigenvalue weighted by Crippen LogP contribution is 1.92. The first-order valence-electron chi connectivity index (χ1n) is 4.75. The van der Waals surface area contributed by atoms with Gasteiger partial charge in [0.1, 0.15) is 0 Å². The Bertz CT molecular complexity index is 237. The Kier molecular flexibility index (Phi) is 0.559. The van der Waals surface area contributed by atoms with Crippen LogP contribution in [0.25, 0.3) is 0 Å². The molecular weight excluding hydrogens is 108 g/mol. The largest absolute Gasteiger partial charge is 0.475 e. The SMILES string of the molecule is [2H]C([2H])([2H])C(C(=O)C(=O)O)C([2H])([2H])[2H]. The van der Waals surface area contributed by atoms with Crippen LogP contribution in [0.4, 0.5) is 0 Å². The van der Waals surface area contributed by atoms with Crippen molar-refractivity contribution in [1.82, 2.24) is 0 Å². The van der Waals surface area contributed by atoms with Crippen molar-refractivity contribution in [2.24, 2.45) is 5.92 Å². The molecule has 0 aromatic heterocycles. The molecule has 0 aromatic carbocycles. The molecule has 0 spiro atoms. The number of carboxylic acid groups (broad SMARTS) is 1. The highest BCUT2D eigenvalue weighted by atomic mass is 16.4. The van der Waals surface area contributed by atoms with Crippen LogP contribution in [0.3, 0.4) is 0 Å². The van der Waals surface area contributed by atoms with Crippen LogP contribution >= 0.6 is 0 Å². The summed E-state index contributed by atoms with van der Waals surface area (Å²) in [5, 5.41) is 8.23. The fraction of sp³-hybridized carbons (Fsp3) is 0.600. The predicted octanol–water partition coefficient (Wildman–Crippen LogP) is 0.296. The second-order valence-corrected chi connectivity index (χ2v) is 1.10. The summed E-state index contributed by atoms with van der Waals surface area (Å²) in [7, 11) is 0. The molecule has 0 unspecified atom stereocenters. The highest BCUT2D eigenvalue weighted by Gasteiger charge is 2.14. The van der Waals surface area contributed by atoms with Gasteiger partial charge in [0.2, 0.25) is 5.78 Å². The van der Waals surface area contributed by atoms with Crippen molar-refractivity contribution in [2.45, 2.75) is 13.7 Å². The van der Waals surface area contributed by atoms with E-state index in [-0.39, 0.29) is 0 Å². The third-order valence-corrected chi connectivity index (χ3v) is 0.473. The smallest absolute Gasteiger partial charge is 0.372 e.